The van der Waals surface area contributed by atoms with Gasteiger partial charge in [-0.15, -0.1) is 0 Å². The van der Waals surface area contributed by atoms with Gasteiger partial charge in [0.25, 0.3) is 0 Å². The van der Waals surface area contributed by atoms with E-state index in [0.717, 1.165) is 25.0 Å². The lowest BCUT2D eigenvalue weighted by Gasteiger charge is -2.29. The molecule has 2 nitrogen and oxygen atoms in total. The van der Waals surface area contributed by atoms with Crippen LogP contribution in [0.3, 0.4) is 0 Å². The van der Waals surface area contributed by atoms with Crippen LogP contribution in [0.5, 0.6) is 5.75 Å². The molecule has 0 aromatic heterocycles. The van der Waals surface area contributed by atoms with E-state index in [1.165, 1.54) is 17.5 Å². The number of rotatable bonds is 3. The molecule has 1 aliphatic rings. The van der Waals surface area contributed by atoms with E-state index in [-0.39, 0.29) is 6.10 Å². The highest BCUT2D eigenvalue weighted by Gasteiger charge is 2.25. The minimum atomic E-state index is -0.217. The van der Waals surface area contributed by atoms with E-state index in [2.05, 4.69) is 12.1 Å². The molecular weight excluding hydrogens is 200 g/mol. The molecule has 88 valence electrons. The van der Waals surface area contributed by atoms with E-state index in [4.69, 9.17) is 4.74 Å². The number of ether oxygens (including phenoxy) is 1. The summed E-state index contributed by atoms with van der Waals surface area (Å²) >= 11 is 0. The predicted molar refractivity (Wildman–Crippen MR) is 65.0 cm³/mol. The summed E-state index contributed by atoms with van der Waals surface area (Å²) in [5.41, 5.74) is 2.67. The minimum Gasteiger partial charge on any atom is -0.497 e. The van der Waals surface area contributed by atoms with Gasteiger partial charge in [0, 0.05) is 5.92 Å². The van der Waals surface area contributed by atoms with Gasteiger partial charge in [-0.25, -0.2) is 0 Å². The fourth-order valence-corrected chi connectivity index (χ4v) is 2.62. The van der Waals surface area contributed by atoms with Crippen LogP contribution in [0.2, 0.25) is 0 Å². The van der Waals surface area contributed by atoms with Crippen LogP contribution in [0.15, 0.2) is 18.2 Å². The monoisotopic (exact) mass is 220 g/mol. The van der Waals surface area contributed by atoms with Crippen molar-refractivity contribution in [2.24, 2.45) is 0 Å². The highest BCUT2D eigenvalue weighted by molar-refractivity contribution is 5.40. The number of methoxy groups -OCH3 is 1. The van der Waals surface area contributed by atoms with Gasteiger partial charge in [-0.2, -0.15) is 0 Å². The van der Waals surface area contributed by atoms with Crippen LogP contribution in [-0.2, 0) is 6.42 Å². The molecule has 1 aromatic carbocycles. The Bertz CT molecular complexity index is 360. The Morgan fingerprint density at radius 1 is 1.50 bits per heavy atom. The fraction of sp³-hybridized carbons (Fsp3) is 0.571. The summed E-state index contributed by atoms with van der Waals surface area (Å²) in [6.07, 6.45) is 4.01. The van der Waals surface area contributed by atoms with Gasteiger partial charge >= 0.3 is 0 Å². The van der Waals surface area contributed by atoms with Crippen LogP contribution in [0, 0.1) is 0 Å². The number of aliphatic hydroxyl groups is 1. The summed E-state index contributed by atoms with van der Waals surface area (Å²) in [5.74, 6) is 1.19. The van der Waals surface area contributed by atoms with Crippen LogP contribution >= 0.6 is 0 Å². The Hall–Kier alpha value is -1.02. The topological polar surface area (TPSA) is 29.5 Å². The molecular formula is C14H20O2. The van der Waals surface area contributed by atoms with Crippen LogP contribution in [0.1, 0.15) is 43.2 Å². The quantitative estimate of drug-likeness (QED) is 0.848. The van der Waals surface area contributed by atoms with Crippen molar-refractivity contribution in [1.82, 2.24) is 0 Å². The first-order valence-electron chi connectivity index (χ1n) is 6.11. The lowest BCUT2D eigenvalue weighted by molar-refractivity contribution is 0.130. The van der Waals surface area contributed by atoms with Gasteiger partial charge < -0.3 is 9.84 Å². The molecule has 2 unspecified atom stereocenters. The molecule has 0 fully saturated rings. The maximum absolute atomic E-state index is 10.1. The smallest absolute Gasteiger partial charge is 0.119 e. The van der Waals surface area contributed by atoms with Crippen molar-refractivity contribution >= 4 is 0 Å². The molecule has 0 amide bonds. The average molecular weight is 220 g/mol. The third-order valence-corrected chi connectivity index (χ3v) is 3.60. The molecule has 2 heteroatoms. The number of hydrogen-bond acceptors (Lipinski definition) is 2. The first kappa shape index (κ1) is 11.5. The molecule has 0 saturated carbocycles. The molecule has 0 spiro atoms. The van der Waals surface area contributed by atoms with Crippen LogP contribution in [0.4, 0.5) is 0 Å². The van der Waals surface area contributed by atoms with Crippen molar-refractivity contribution in [2.45, 2.75) is 44.6 Å². The summed E-state index contributed by atoms with van der Waals surface area (Å²) in [5, 5.41) is 10.1. The van der Waals surface area contributed by atoms with E-state index >= 15 is 0 Å². The molecule has 2 rings (SSSR count). The number of hydrogen-bond donors (Lipinski definition) is 1. The maximum Gasteiger partial charge on any atom is 0.119 e. The highest BCUT2D eigenvalue weighted by Crippen LogP contribution is 2.36. The van der Waals surface area contributed by atoms with Gasteiger partial charge in [0.1, 0.15) is 5.75 Å². The van der Waals surface area contributed by atoms with Crippen molar-refractivity contribution in [2.75, 3.05) is 7.11 Å². The number of fused-ring (bicyclic) bond motifs is 1. The lowest BCUT2D eigenvalue weighted by Crippen LogP contribution is -2.22. The third-order valence-electron chi connectivity index (χ3n) is 3.60. The molecule has 1 N–H and O–H groups in total. The van der Waals surface area contributed by atoms with Crippen molar-refractivity contribution in [3.05, 3.63) is 29.3 Å². The molecule has 0 aliphatic heterocycles. The Labute approximate surface area is 97.3 Å². The van der Waals surface area contributed by atoms with E-state index < -0.39 is 0 Å². The van der Waals surface area contributed by atoms with Crippen LogP contribution in [-0.4, -0.2) is 18.3 Å². The van der Waals surface area contributed by atoms with Gasteiger partial charge in [0.2, 0.25) is 0 Å². The van der Waals surface area contributed by atoms with E-state index in [9.17, 15) is 5.11 Å². The lowest BCUT2D eigenvalue weighted by atomic mass is 9.79. The molecule has 0 bridgehead atoms. The van der Waals surface area contributed by atoms with Gasteiger partial charge in [-0.1, -0.05) is 13.0 Å². The minimum absolute atomic E-state index is 0.217. The van der Waals surface area contributed by atoms with E-state index in [1.54, 1.807) is 7.11 Å². The van der Waals surface area contributed by atoms with Crippen molar-refractivity contribution in [3.8, 4) is 5.75 Å². The Morgan fingerprint density at radius 2 is 2.31 bits per heavy atom. The Morgan fingerprint density at radius 3 is 3.00 bits per heavy atom. The molecule has 1 aliphatic carbocycles. The zero-order valence-corrected chi connectivity index (χ0v) is 10.1. The second-order valence-corrected chi connectivity index (χ2v) is 4.54. The highest BCUT2D eigenvalue weighted by atomic mass is 16.5. The molecule has 2 atom stereocenters. The summed E-state index contributed by atoms with van der Waals surface area (Å²) in [6, 6.07) is 6.25. The molecule has 16 heavy (non-hydrogen) atoms. The number of benzene rings is 1. The number of aryl methyl sites for hydroxylation is 1. The Kier molecular flexibility index (Phi) is 3.49. The molecule has 0 radical (unpaired) electrons. The van der Waals surface area contributed by atoms with Crippen molar-refractivity contribution in [3.63, 3.8) is 0 Å². The first-order chi connectivity index (χ1) is 7.76. The van der Waals surface area contributed by atoms with Crippen LogP contribution in [0.25, 0.3) is 0 Å². The standard InChI is InChI=1S/C14H20O2/c1-3-14(15)12-6-4-5-10-7-8-11(16-2)9-13(10)12/h7-9,12,14-15H,3-6H2,1-2H3. The van der Waals surface area contributed by atoms with Gasteiger partial charge in [0.05, 0.1) is 13.2 Å². The predicted octanol–water partition coefficient (Wildman–Crippen LogP) is 2.89. The normalized spacial score (nSPS) is 21.3. The van der Waals surface area contributed by atoms with Crippen LogP contribution < -0.4 is 4.74 Å². The summed E-state index contributed by atoms with van der Waals surface area (Å²) in [7, 11) is 1.69. The first-order valence-corrected chi connectivity index (χ1v) is 6.11. The number of aliphatic hydroxyl groups excluding tert-OH is 1. The second-order valence-electron chi connectivity index (χ2n) is 4.54. The zero-order valence-electron chi connectivity index (χ0n) is 10.1. The van der Waals surface area contributed by atoms with Gasteiger partial charge in [0.15, 0.2) is 0 Å². The van der Waals surface area contributed by atoms with Crippen molar-refractivity contribution < 1.29 is 9.84 Å². The second kappa shape index (κ2) is 4.88. The Balaban J connectivity index is 2.35. The average Bonchev–Trinajstić information content (AvgIpc) is 2.36. The zero-order chi connectivity index (χ0) is 11.5. The van der Waals surface area contributed by atoms with Crippen molar-refractivity contribution in [1.29, 1.82) is 0 Å². The summed E-state index contributed by atoms with van der Waals surface area (Å²) in [4.78, 5) is 0. The summed E-state index contributed by atoms with van der Waals surface area (Å²) < 4.78 is 5.26. The molecule has 1 aromatic rings. The molecule has 0 heterocycles. The largest absolute Gasteiger partial charge is 0.497 e. The maximum atomic E-state index is 10.1. The summed E-state index contributed by atoms with van der Waals surface area (Å²) in [6.45, 7) is 2.04. The fourth-order valence-electron chi connectivity index (χ4n) is 2.62. The SMILES string of the molecule is CCC(O)C1CCCc2ccc(OC)cc21. The third kappa shape index (κ3) is 2.07. The molecule has 0 saturated heterocycles. The van der Waals surface area contributed by atoms with E-state index in [1.807, 2.05) is 13.0 Å². The van der Waals surface area contributed by atoms with Gasteiger partial charge in [-0.3, -0.25) is 0 Å². The van der Waals surface area contributed by atoms with Gasteiger partial charge in [-0.05, 0) is 48.9 Å². The van der Waals surface area contributed by atoms with E-state index in [0.29, 0.717) is 5.92 Å².